The van der Waals surface area contributed by atoms with Gasteiger partial charge in [-0.05, 0) is 69.0 Å². The van der Waals surface area contributed by atoms with Gasteiger partial charge in [0, 0.05) is 42.1 Å². The summed E-state index contributed by atoms with van der Waals surface area (Å²) in [6.07, 6.45) is 4.90. The molecule has 0 atom stereocenters. The van der Waals surface area contributed by atoms with E-state index >= 15 is 0 Å². The molecule has 2 amide bonds. The van der Waals surface area contributed by atoms with Gasteiger partial charge < -0.3 is 19.9 Å². The summed E-state index contributed by atoms with van der Waals surface area (Å²) >= 11 is 0. The van der Waals surface area contributed by atoms with Crippen LogP contribution >= 0.6 is 0 Å². The van der Waals surface area contributed by atoms with Crippen molar-refractivity contribution in [2.45, 2.75) is 43.8 Å². The molecule has 9 heteroatoms. The van der Waals surface area contributed by atoms with Crippen LogP contribution in [0.5, 0.6) is 0 Å². The van der Waals surface area contributed by atoms with Crippen LogP contribution in [0.4, 0.5) is 4.39 Å². The van der Waals surface area contributed by atoms with E-state index in [0.717, 1.165) is 11.1 Å². The van der Waals surface area contributed by atoms with E-state index in [1.165, 1.54) is 6.20 Å². The minimum atomic E-state index is -1.22. The number of hydrogen-bond acceptors (Lipinski definition) is 4. The number of hydrogen-bond donors (Lipinski definition) is 2. The number of carboxylic acid groups (broad SMARTS) is 1. The Morgan fingerprint density at radius 1 is 1.03 bits per heavy atom. The van der Waals surface area contributed by atoms with Gasteiger partial charge in [-0.1, -0.05) is 0 Å². The van der Waals surface area contributed by atoms with Gasteiger partial charge in [-0.3, -0.25) is 9.59 Å². The summed E-state index contributed by atoms with van der Waals surface area (Å²) in [6, 6.07) is 10.4. The Bertz CT molecular complexity index is 1280. The summed E-state index contributed by atoms with van der Waals surface area (Å²) < 4.78 is 15.9. The number of likely N-dealkylation sites (tertiary alicyclic amines) is 1. The quantitative estimate of drug-likeness (QED) is 0.603. The standard InChI is InChI=1S/C25H25FN4O4/c1-24(26)9-12-29(13-10-24)22(32)18-14-17-6-11-30(20(17)27-15-18)19-4-2-16(3-5-19)21(31)28-25(7-8-25)23(33)34/h2-6,11,14-15H,7-10,12-13H2,1H3,(H,28,31)(H,33,34). The number of fused-ring (bicyclic) bond motifs is 1. The van der Waals surface area contributed by atoms with Gasteiger partial charge in [-0.2, -0.15) is 0 Å². The molecular weight excluding hydrogens is 439 g/mol. The number of halogens is 1. The zero-order valence-electron chi connectivity index (χ0n) is 18.8. The minimum absolute atomic E-state index is 0.150. The maximum atomic E-state index is 14.1. The first-order chi connectivity index (χ1) is 16.2. The van der Waals surface area contributed by atoms with Crippen LogP contribution in [0.2, 0.25) is 0 Å². The molecule has 0 unspecified atom stereocenters. The molecule has 2 aliphatic rings. The number of pyridine rings is 1. The third kappa shape index (κ3) is 4.02. The van der Waals surface area contributed by atoms with E-state index in [-0.39, 0.29) is 5.91 Å². The molecule has 1 aliphatic heterocycles. The lowest BCUT2D eigenvalue weighted by atomic mass is 9.95. The average molecular weight is 464 g/mol. The van der Waals surface area contributed by atoms with Crippen molar-refractivity contribution in [2.24, 2.45) is 0 Å². The van der Waals surface area contributed by atoms with Crippen molar-refractivity contribution in [3.8, 4) is 5.69 Å². The molecule has 1 aliphatic carbocycles. The summed E-state index contributed by atoms with van der Waals surface area (Å²) in [5.41, 5.74) is -0.0818. The van der Waals surface area contributed by atoms with Gasteiger partial charge in [0.2, 0.25) is 0 Å². The number of aliphatic carboxylic acids is 1. The first kappa shape index (κ1) is 22.1. The summed E-state index contributed by atoms with van der Waals surface area (Å²) in [5.74, 6) is -1.58. The number of benzene rings is 1. The second kappa shape index (κ2) is 7.93. The normalized spacial score (nSPS) is 18.5. The summed E-state index contributed by atoms with van der Waals surface area (Å²) in [4.78, 5) is 42.8. The molecule has 3 heterocycles. The van der Waals surface area contributed by atoms with Crippen molar-refractivity contribution >= 4 is 28.8 Å². The molecule has 1 aromatic carbocycles. The number of carbonyl (C=O) groups is 3. The maximum absolute atomic E-state index is 14.1. The number of amides is 2. The van der Waals surface area contributed by atoms with Crippen molar-refractivity contribution in [1.82, 2.24) is 19.8 Å². The van der Waals surface area contributed by atoms with Gasteiger partial charge in [0.25, 0.3) is 11.8 Å². The Morgan fingerprint density at radius 2 is 1.71 bits per heavy atom. The van der Waals surface area contributed by atoms with Crippen LogP contribution in [0.15, 0.2) is 48.8 Å². The zero-order valence-corrected chi connectivity index (χ0v) is 18.8. The van der Waals surface area contributed by atoms with Gasteiger partial charge in [0.1, 0.15) is 16.9 Å². The fraction of sp³-hybridized carbons (Fsp3) is 0.360. The first-order valence-corrected chi connectivity index (χ1v) is 11.3. The Morgan fingerprint density at radius 3 is 2.32 bits per heavy atom. The van der Waals surface area contributed by atoms with Gasteiger partial charge in [0.15, 0.2) is 0 Å². The molecule has 2 N–H and O–H groups in total. The Labute approximate surface area is 195 Å². The van der Waals surface area contributed by atoms with Crippen molar-refractivity contribution < 1.29 is 23.9 Å². The highest BCUT2D eigenvalue weighted by Crippen LogP contribution is 2.36. The number of alkyl halides is 1. The topological polar surface area (TPSA) is 105 Å². The van der Waals surface area contributed by atoms with E-state index in [2.05, 4.69) is 10.3 Å². The van der Waals surface area contributed by atoms with E-state index in [1.807, 2.05) is 16.8 Å². The van der Waals surface area contributed by atoms with Crippen LogP contribution in [0.25, 0.3) is 16.7 Å². The van der Waals surface area contributed by atoms with Crippen molar-refractivity contribution in [3.05, 3.63) is 59.9 Å². The Hall–Kier alpha value is -3.75. The fourth-order valence-electron chi connectivity index (χ4n) is 4.29. The van der Waals surface area contributed by atoms with Crippen LogP contribution in [-0.2, 0) is 4.79 Å². The van der Waals surface area contributed by atoms with Gasteiger partial charge in [-0.25, -0.2) is 14.2 Å². The van der Waals surface area contributed by atoms with Crippen LogP contribution in [0.1, 0.15) is 53.3 Å². The molecule has 2 aromatic heterocycles. The highest BCUT2D eigenvalue weighted by molar-refractivity contribution is 5.99. The van der Waals surface area contributed by atoms with E-state index in [4.69, 9.17) is 0 Å². The molecule has 1 saturated heterocycles. The highest BCUT2D eigenvalue weighted by atomic mass is 19.1. The predicted octanol–water partition coefficient (Wildman–Crippen LogP) is 3.34. The predicted molar refractivity (Wildman–Crippen MR) is 123 cm³/mol. The molecule has 3 aromatic rings. The monoisotopic (exact) mass is 464 g/mol. The number of carboxylic acids is 1. The third-order valence-electron chi connectivity index (χ3n) is 6.79. The van der Waals surface area contributed by atoms with Crippen LogP contribution in [0.3, 0.4) is 0 Å². The van der Waals surface area contributed by atoms with E-state index in [0.29, 0.717) is 55.5 Å². The minimum Gasteiger partial charge on any atom is -0.480 e. The summed E-state index contributed by atoms with van der Waals surface area (Å²) in [7, 11) is 0. The Kier molecular flexibility index (Phi) is 5.15. The van der Waals surface area contributed by atoms with Gasteiger partial charge in [-0.15, -0.1) is 0 Å². The SMILES string of the molecule is CC1(F)CCN(C(=O)c2cnc3c(ccn3-c3ccc(C(=O)NC4(C(=O)O)CC4)cc3)c2)CC1. The smallest absolute Gasteiger partial charge is 0.329 e. The average Bonchev–Trinajstić information content (AvgIpc) is 3.49. The van der Waals surface area contributed by atoms with Crippen LogP contribution < -0.4 is 5.32 Å². The number of aromatic nitrogens is 2. The molecule has 34 heavy (non-hydrogen) atoms. The van der Waals surface area contributed by atoms with Gasteiger partial charge >= 0.3 is 5.97 Å². The molecule has 0 radical (unpaired) electrons. The Balaban J connectivity index is 1.32. The number of piperidine rings is 1. The lowest BCUT2D eigenvalue weighted by molar-refractivity contribution is -0.140. The van der Waals surface area contributed by atoms with Crippen molar-refractivity contribution in [1.29, 1.82) is 0 Å². The first-order valence-electron chi connectivity index (χ1n) is 11.3. The number of rotatable bonds is 5. The third-order valence-corrected chi connectivity index (χ3v) is 6.79. The molecule has 1 saturated carbocycles. The van der Waals surface area contributed by atoms with Gasteiger partial charge in [0.05, 0.1) is 5.56 Å². The van der Waals surface area contributed by atoms with E-state index < -0.39 is 23.1 Å². The maximum Gasteiger partial charge on any atom is 0.329 e. The second-order valence-corrected chi connectivity index (χ2v) is 9.42. The summed E-state index contributed by atoms with van der Waals surface area (Å²) in [6.45, 7) is 2.35. The van der Waals surface area contributed by atoms with Crippen molar-refractivity contribution in [2.75, 3.05) is 13.1 Å². The number of nitrogens with zero attached hydrogens (tertiary/aromatic N) is 3. The summed E-state index contributed by atoms with van der Waals surface area (Å²) in [5, 5.41) is 12.6. The largest absolute Gasteiger partial charge is 0.480 e. The zero-order chi connectivity index (χ0) is 24.1. The molecular formula is C25H25FN4O4. The molecule has 0 bridgehead atoms. The highest BCUT2D eigenvalue weighted by Gasteiger charge is 2.51. The molecule has 0 spiro atoms. The van der Waals surface area contributed by atoms with Crippen LogP contribution in [-0.4, -0.2) is 61.6 Å². The van der Waals surface area contributed by atoms with Crippen LogP contribution in [0, 0.1) is 0 Å². The molecule has 5 rings (SSSR count). The number of carbonyl (C=O) groups excluding carboxylic acids is 2. The second-order valence-electron chi connectivity index (χ2n) is 9.42. The number of nitrogens with one attached hydrogen (secondary N) is 1. The van der Waals surface area contributed by atoms with E-state index in [9.17, 15) is 23.9 Å². The lowest BCUT2D eigenvalue weighted by Crippen LogP contribution is -2.43. The molecule has 8 nitrogen and oxygen atoms in total. The molecule has 176 valence electrons. The molecule has 2 fully saturated rings. The van der Waals surface area contributed by atoms with Crippen molar-refractivity contribution in [3.63, 3.8) is 0 Å². The van der Waals surface area contributed by atoms with E-state index in [1.54, 1.807) is 42.2 Å². The fourth-order valence-corrected chi connectivity index (χ4v) is 4.29. The lowest BCUT2D eigenvalue weighted by Gasteiger charge is -2.34.